The third kappa shape index (κ3) is 5.18. The lowest BCUT2D eigenvalue weighted by Gasteiger charge is -2.11. The summed E-state index contributed by atoms with van der Waals surface area (Å²) in [4.78, 5) is 25.6. The van der Waals surface area contributed by atoms with Crippen molar-refractivity contribution in [1.82, 2.24) is 4.98 Å². The molecule has 0 fully saturated rings. The Labute approximate surface area is 144 Å². The third-order valence-corrected chi connectivity index (χ3v) is 3.86. The largest absolute Gasteiger partial charge is 0.461 e. The number of alkyl halides is 3. The van der Waals surface area contributed by atoms with Gasteiger partial charge in [-0.2, -0.15) is 13.2 Å². The van der Waals surface area contributed by atoms with Crippen molar-refractivity contribution in [2.45, 2.75) is 11.2 Å². The van der Waals surface area contributed by atoms with Gasteiger partial charge in [-0.05, 0) is 18.2 Å². The van der Waals surface area contributed by atoms with E-state index in [1.165, 1.54) is 24.3 Å². The molecule has 0 amide bonds. The molecule has 2 aromatic rings. The number of halogens is 3. The lowest BCUT2D eigenvalue weighted by atomic mass is 10.1. The Morgan fingerprint density at radius 1 is 1.24 bits per heavy atom. The minimum Gasteiger partial charge on any atom is -0.461 e. The minimum absolute atomic E-state index is 0.131. The number of ether oxygens (including phenoxy) is 1. The highest BCUT2D eigenvalue weighted by Gasteiger charge is 2.35. The Hall–Kier alpha value is -2.62. The molecule has 0 saturated carbocycles. The highest BCUT2D eigenvalue weighted by molar-refractivity contribution is 7.99. The first-order valence-electron chi connectivity index (χ1n) is 6.85. The third-order valence-electron chi connectivity index (χ3n) is 2.95. The number of nitrogens with zero attached hydrogens (tertiary/aromatic N) is 2. The molecule has 0 bridgehead atoms. The minimum atomic E-state index is -4.65. The second-order valence-corrected chi connectivity index (χ2v) is 5.75. The summed E-state index contributed by atoms with van der Waals surface area (Å²) >= 11 is 1.15. The first-order chi connectivity index (χ1) is 11.8. The molecule has 1 heterocycles. The zero-order valence-electron chi connectivity index (χ0n) is 12.5. The molecule has 0 radical (unpaired) electrons. The van der Waals surface area contributed by atoms with Gasteiger partial charge in [-0.1, -0.05) is 12.1 Å². The maximum atomic E-state index is 12.8. The highest BCUT2D eigenvalue weighted by Crippen LogP contribution is 2.32. The van der Waals surface area contributed by atoms with Crippen molar-refractivity contribution in [3.05, 3.63) is 63.8 Å². The molecular weight excluding hydrogens is 361 g/mol. The molecule has 0 aliphatic rings. The van der Waals surface area contributed by atoms with Gasteiger partial charge in [-0.15, -0.1) is 11.8 Å². The SMILES string of the molecule is O=C(OCCSc1ccc([N+](=O)[O-])cn1)c1ccccc1C(F)(F)F. The molecule has 2 rings (SSSR count). The number of hydrogen-bond acceptors (Lipinski definition) is 6. The maximum absolute atomic E-state index is 12.8. The number of carbonyl (C=O) groups is 1. The van der Waals surface area contributed by atoms with Crippen molar-refractivity contribution < 1.29 is 27.6 Å². The van der Waals surface area contributed by atoms with Gasteiger partial charge >= 0.3 is 12.1 Å². The van der Waals surface area contributed by atoms with Gasteiger partial charge in [0.15, 0.2) is 0 Å². The van der Waals surface area contributed by atoms with Crippen LogP contribution in [0.1, 0.15) is 15.9 Å². The summed E-state index contributed by atoms with van der Waals surface area (Å²) in [5.74, 6) is -0.824. The van der Waals surface area contributed by atoms with Gasteiger partial charge in [0.1, 0.15) is 12.8 Å². The number of aromatic nitrogens is 1. The zero-order chi connectivity index (χ0) is 18.4. The van der Waals surface area contributed by atoms with Crippen LogP contribution in [0.25, 0.3) is 0 Å². The molecule has 0 unspecified atom stereocenters. The van der Waals surface area contributed by atoms with Crippen molar-refractivity contribution in [1.29, 1.82) is 0 Å². The second-order valence-electron chi connectivity index (χ2n) is 4.64. The number of carbonyl (C=O) groups excluding carboxylic acids is 1. The van der Waals surface area contributed by atoms with E-state index in [2.05, 4.69) is 4.98 Å². The van der Waals surface area contributed by atoms with Crippen LogP contribution in [0.4, 0.5) is 18.9 Å². The Balaban J connectivity index is 1.88. The van der Waals surface area contributed by atoms with E-state index in [0.717, 1.165) is 30.1 Å². The smallest absolute Gasteiger partial charge is 0.417 e. The molecule has 6 nitrogen and oxygen atoms in total. The molecule has 0 aliphatic carbocycles. The number of pyridine rings is 1. The van der Waals surface area contributed by atoms with Gasteiger partial charge in [0, 0.05) is 11.8 Å². The lowest BCUT2D eigenvalue weighted by molar-refractivity contribution is -0.385. The van der Waals surface area contributed by atoms with E-state index in [1.54, 1.807) is 0 Å². The number of hydrogen-bond donors (Lipinski definition) is 0. The normalized spacial score (nSPS) is 11.2. The molecule has 1 aromatic carbocycles. The van der Waals surface area contributed by atoms with E-state index in [-0.39, 0.29) is 18.0 Å². The van der Waals surface area contributed by atoms with Crippen molar-refractivity contribution in [3.8, 4) is 0 Å². The number of thioether (sulfide) groups is 1. The Morgan fingerprint density at radius 2 is 1.96 bits per heavy atom. The Kier molecular flexibility index (Phi) is 5.97. The quantitative estimate of drug-likeness (QED) is 0.251. The summed E-state index contributed by atoms with van der Waals surface area (Å²) in [6, 6.07) is 7.09. The van der Waals surface area contributed by atoms with E-state index in [9.17, 15) is 28.1 Å². The van der Waals surface area contributed by atoms with Crippen LogP contribution in [0.15, 0.2) is 47.6 Å². The van der Waals surface area contributed by atoms with Gasteiger partial charge in [0.2, 0.25) is 0 Å². The average Bonchev–Trinajstić information content (AvgIpc) is 2.58. The molecule has 132 valence electrons. The fourth-order valence-electron chi connectivity index (χ4n) is 1.83. The van der Waals surface area contributed by atoms with Crippen LogP contribution in [-0.4, -0.2) is 28.2 Å². The van der Waals surface area contributed by atoms with Crippen LogP contribution < -0.4 is 0 Å². The zero-order valence-corrected chi connectivity index (χ0v) is 13.3. The first-order valence-corrected chi connectivity index (χ1v) is 7.84. The molecule has 0 aliphatic heterocycles. The Morgan fingerprint density at radius 3 is 2.56 bits per heavy atom. The Bertz CT molecular complexity index is 766. The second kappa shape index (κ2) is 7.97. The molecule has 0 saturated heterocycles. The predicted molar refractivity (Wildman–Crippen MR) is 83.3 cm³/mol. The van der Waals surface area contributed by atoms with Gasteiger partial charge in [0.25, 0.3) is 5.69 Å². The summed E-state index contributed by atoms with van der Waals surface area (Å²) in [6.45, 7) is -0.131. The summed E-state index contributed by atoms with van der Waals surface area (Å²) in [5, 5.41) is 11.0. The number of esters is 1. The maximum Gasteiger partial charge on any atom is 0.417 e. The topological polar surface area (TPSA) is 82.3 Å². The molecule has 1 aromatic heterocycles. The molecule has 0 N–H and O–H groups in total. The monoisotopic (exact) mass is 372 g/mol. The van der Waals surface area contributed by atoms with Crippen LogP contribution in [0.5, 0.6) is 0 Å². The van der Waals surface area contributed by atoms with Crippen molar-refractivity contribution in [2.75, 3.05) is 12.4 Å². The fourth-order valence-corrected chi connectivity index (χ4v) is 2.50. The standard InChI is InChI=1S/C15H11F3N2O4S/c16-15(17,18)12-4-2-1-3-11(12)14(21)24-7-8-25-13-6-5-10(9-19-13)20(22)23/h1-6,9H,7-8H2. The van der Waals surface area contributed by atoms with Crippen LogP contribution in [0.2, 0.25) is 0 Å². The van der Waals surface area contributed by atoms with E-state index in [0.29, 0.717) is 5.03 Å². The van der Waals surface area contributed by atoms with Gasteiger partial charge < -0.3 is 4.74 Å². The van der Waals surface area contributed by atoms with E-state index >= 15 is 0 Å². The van der Waals surface area contributed by atoms with Crippen LogP contribution in [0, 0.1) is 10.1 Å². The number of rotatable bonds is 6. The van der Waals surface area contributed by atoms with Gasteiger partial charge in [-0.3, -0.25) is 10.1 Å². The van der Waals surface area contributed by atoms with E-state index < -0.39 is 28.2 Å². The molecule has 0 spiro atoms. The lowest BCUT2D eigenvalue weighted by Crippen LogP contribution is -2.15. The summed E-state index contributed by atoms with van der Waals surface area (Å²) in [7, 11) is 0. The van der Waals surface area contributed by atoms with Gasteiger partial charge in [-0.25, -0.2) is 9.78 Å². The number of nitro groups is 1. The molecular formula is C15H11F3N2O4S. The molecule has 25 heavy (non-hydrogen) atoms. The highest BCUT2D eigenvalue weighted by atomic mass is 32.2. The van der Waals surface area contributed by atoms with E-state index in [1.807, 2.05) is 0 Å². The predicted octanol–water partition coefficient (Wildman–Crippen LogP) is 3.96. The molecule has 0 atom stereocenters. The number of benzene rings is 1. The summed E-state index contributed by atoms with van der Waals surface area (Å²) in [6.07, 6.45) is -3.55. The van der Waals surface area contributed by atoms with E-state index in [4.69, 9.17) is 4.74 Å². The summed E-state index contributed by atoms with van der Waals surface area (Å²) in [5.41, 5.74) is -1.75. The van der Waals surface area contributed by atoms with Crippen molar-refractivity contribution in [3.63, 3.8) is 0 Å². The van der Waals surface area contributed by atoms with Gasteiger partial charge in [0.05, 0.1) is 21.1 Å². The van der Waals surface area contributed by atoms with Crippen LogP contribution >= 0.6 is 11.8 Å². The summed E-state index contributed by atoms with van der Waals surface area (Å²) < 4.78 is 43.4. The molecule has 10 heteroatoms. The van der Waals surface area contributed by atoms with Crippen LogP contribution in [0.3, 0.4) is 0 Å². The average molecular weight is 372 g/mol. The van der Waals surface area contributed by atoms with Crippen LogP contribution in [-0.2, 0) is 10.9 Å². The fraction of sp³-hybridized carbons (Fsp3) is 0.200. The van der Waals surface area contributed by atoms with Crippen molar-refractivity contribution >= 4 is 23.4 Å². The first kappa shape index (κ1) is 18.7. The van der Waals surface area contributed by atoms with Crippen molar-refractivity contribution in [2.24, 2.45) is 0 Å².